The molecule has 0 aliphatic heterocycles. The summed E-state index contributed by atoms with van der Waals surface area (Å²) < 4.78 is 0. The van der Waals surface area contributed by atoms with E-state index in [1.165, 1.54) is 0 Å². The van der Waals surface area contributed by atoms with E-state index in [-0.39, 0.29) is 0 Å². The Balaban J connectivity index is 2.14. The lowest BCUT2D eigenvalue weighted by Gasteiger charge is -1.93. The van der Waals surface area contributed by atoms with E-state index in [1.54, 1.807) is 29.9 Å². The molecule has 0 fully saturated rings. The monoisotopic (exact) mass is 220 g/mol. The van der Waals surface area contributed by atoms with Crippen molar-refractivity contribution in [2.45, 2.75) is 12.8 Å². The minimum Gasteiger partial charge on any atom is -0.330 e. The van der Waals surface area contributed by atoms with Crippen LogP contribution in [0.5, 0.6) is 0 Å². The molecule has 0 aromatic carbocycles. The van der Waals surface area contributed by atoms with Gasteiger partial charge in [-0.25, -0.2) is 4.98 Å². The van der Waals surface area contributed by atoms with Crippen LogP contribution < -0.4 is 5.73 Å². The zero-order valence-corrected chi connectivity index (χ0v) is 9.07. The second kappa shape index (κ2) is 4.95. The first kappa shape index (κ1) is 10.2. The average molecular weight is 220 g/mol. The maximum absolute atomic E-state index is 5.45. The molecule has 0 atom stereocenters. The molecule has 0 spiro atoms. The van der Waals surface area contributed by atoms with Crippen LogP contribution in [0.1, 0.15) is 11.4 Å². The van der Waals surface area contributed by atoms with Gasteiger partial charge in [0.2, 0.25) is 0 Å². The molecule has 2 aromatic rings. The van der Waals surface area contributed by atoms with Crippen LogP contribution in [-0.2, 0) is 6.42 Å². The quantitative estimate of drug-likeness (QED) is 0.847. The molecular formula is C10H12N4S. The number of aryl methyl sites for hydroxylation is 1. The molecule has 0 saturated heterocycles. The van der Waals surface area contributed by atoms with Gasteiger partial charge in [0.15, 0.2) is 0 Å². The van der Waals surface area contributed by atoms with E-state index in [9.17, 15) is 0 Å². The van der Waals surface area contributed by atoms with Gasteiger partial charge in [0, 0.05) is 24.2 Å². The van der Waals surface area contributed by atoms with E-state index in [2.05, 4.69) is 15.0 Å². The summed E-state index contributed by atoms with van der Waals surface area (Å²) in [5.74, 6) is 0. The van der Waals surface area contributed by atoms with E-state index in [1.807, 2.05) is 5.38 Å². The van der Waals surface area contributed by atoms with Gasteiger partial charge in [-0.3, -0.25) is 9.97 Å². The highest BCUT2D eigenvalue weighted by molar-refractivity contribution is 7.09. The number of hydrogen-bond acceptors (Lipinski definition) is 5. The van der Waals surface area contributed by atoms with Crippen molar-refractivity contribution in [1.29, 1.82) is 0 Å². The normalized spacial score (nSPS) is 10.5. The lowest BCUT2D eigenvalue weighted by molar-refractivity contribution is 0.826. The molecule has 78 valence electrons. The van der Waals surface area contributed by atoms with Crippen LogP contribution in [0.4, 0.5) is 0 Å². The Hall–Kier alpha value is -1.33. The third-order valence-corrected chi connectivity index (χ3v) is 2.88. The minimum absolute atomic E-state index is 0.708. The standard InChI is InChI=1S/C10H12N4S/c11-3-1-2-10-14-9(7-15-10)8-6-12-4-5-13-8/h4-7H,1-3,11H2. The van der Waals surface area contributed by atoms with Crippen molar-refractivity contribution in [3.05, 3.63) is 29.0 Å². The summed E-state index contributed by atoms with van der Waals surface area (Å²) in [4.78, 5) is 12.7. The van der Waals surface area contributed by atoms with Crippen molar-refractivity contribution >= 4 is 11.3 Å². The highest BCUT2D eigenvalue weighted by Gasteiger charge is 2.04. The highest BCUT2D eigenvalue weighted by Crippen LogP contribution is 2.19. The van der Waals surface area contributed by atoms with Gasteiger partial charge < -0.3 is 5.73 Å². The van der Waals surface area contributed by atoms with Gasteiger partial charge in [0.05, 0.1) is 11.2 Å². The van der Waals surface area contributed by atoms with Gasteiger partial charge >= 0.3 is 0 Å². The molecule has 0 amide bonds. The minimum atomic E-state index is 0.708. The molecule has 2 aromatic heterocycles. The summed E-state index contributed by atoms with van der Waals surface area (Å²) >= 11 is 1.65. The van der Waals surface area contributed by atoms with Gasteiger partial charge in [-0.2, -0.15) is 0 Å². The molecule has 0 saturated carbocycles. The smallest absolute Gasteiger partial charge is 0.108 e. The Kier molecular flexibility index (Phi) is 3.37. The average Bonchev–Trinajstić information content (AvgIpc) is 2.76. The summed E-state index contributed by atoms with van der Waals surface area (Å²) in [5.41, 5.74) is 7.18. The lowest BCUT2D eigenvalue weighted by Crippen LogP contribution is -1.99. The Labute approximate surface area is 92.2 Å². The fourth-order valence-electron chi connectivity index (χ4n) is 1.23. The molecule has 2 N–H and O–H groups in total. The van der Waals surface area contributed by atoms with E-state index in [0.29, 0.717) is 6.54 Å². The van der Waals surface area contributed by atoms with Crippen LogP contribution in [0.15, 0.2) is 24.0 Å². The fourth-order valence-corrected chi connectivity index (χ4v) is 2.06. The van der Waals surface area contributed by atoms with E-state index in [0.717, 1.165) is 29.2 Å². The highest BCUT2D eigenvalue weighted by atomic mass is 32.1. The largest absolute Gasteiger partial charge is 0.330 e. The summed E-state index contributed by atoms with van der Waals surface area (Å²) in [7, 11) is 0. The zero-order valence-electron chi connectivity index (χ0n) is 8.26. The zero-order chi connectivity index (χ0) is 10.5. The molecular weight excluding hydrogens is 208 g/mol. The van der Waals surface area contributed by atoms with Crippen molar-refractivity contribution in [2.24, 2.45) is 5.73 Å². The Morgan fingerprint density at radius 2 is 2.20 bits per heavy atom. The summed E-state index contributed by atoms with van der Waals surface area (Å²) in [6.45, 7) is 0.708. The number of hydrogen-bond donors (Lipinski definition) is 1. The van der Waals surface area contributed by atoms with Crippen LogP contribution in [0.25, 0.3) is 11.4 Å². The summed E-state index contributed by atoms with van der Waals surface area (Å²) in [5, 5.41) is 3.12. The Morgan fingerprint density at radius 1 is 1.27 bits per heavy atom. The molecule has 0 aliphatic carbocycles. The third kappa shape index (κ3) is 2.57. The van der Waals surface area contributed by atoms with E-state index >= 15 is 0 Å². The van der Waals surface area contributed by atoms with Crippen molar-refractivity contribution in [2.75, 3.05) is 6.54 Å². The van der Waals surface area contributed by atoms with Crippen LogP contribution in [0.3, 0.4) is 0 Å². The molecule has 2 rings (SSSR count). The van der Waals surface area contributed by atoms with E-state index < -0.39 is 0 Å². The molecule has 2 heterocycles. The van der Waals surface area contributed by atoms with Crippen LogP contribution >= 0.6 is 11.3 Å². The number of rotatable bonds is 4. The second-order valence-electron chi connectivity index (χ2n) is 3.11. The molecule has 0 aliphatic rings. The number of thiazole rings is 1. The SMILES string of the molecule is NCCCc1nc(-c2cnccn2)cs1. The molecule has 15 heavy (non-hydrogen) atoms. The Morgan fingerprint density at radius 3 is 2.93 bits per heavy atom. The fraction of sp³-hybridized carbons (Fsp3) is 0.300. The summed E-state index contributed by atoms with van der Waals surface area (Å²) in [6.07, 6.45) is 6.98. The predicted molar refractivity (Wildman–Crippen MR) is 60.5 cm³/mol. The third-order valence-electron chi connectivity index (χ3n) is 1.97. The molecule has 0 unspecified atom stereocenters. The maximum Gasteiger partial charge on any atom is 0.108 e. The topological polar surface area (TPSA) is 64.7 Å². The van der Waals surface area contributed by atoms with Gasteiger partial charge in [-0.15, -0.1) is 11.3 Å². The number of aromatic nitrogens is 3. The first-order valence-electron chi connectivity index (χ1n) is 4.81. The van der Waals surface area contributed by atoms with Crippen LogP contribution in [-0.4, -0.2) is 21.5 Å². The molecule has 5 heteroatoms. The maximum atomic E-state index is 5.45. The van der Waals surface area contributed by atoms with Gasteiger partial charge in [0.25, 0.3) is 0 Å². The number of nitrogens with zero attached hydrogens (tertiary/aromatic N) is 3. The van der Waals surface area contributed by atoms with E-state index in [4.69, 9.17) is 5.73 Å². The first-order valence-corrected chi connectivity index (χ1v) is 5.69. The van der Waals surface area contributed by atoms with Gasteiger partial charge in [-0.05, 0) is 13.0 Å². The van der Waals surface area contributed by atoms with Gasteiger partial charge in [0.1, 0.15) is 11.4 Å². The van der Waals surface area contributed by atoms with Crippen molar-refractivity contribution in [1.82, 2.24) is 15.0 Å². The van der Waals surface area contributed by atoms with Crippen molar-refractivity contribution < 1.29 is 0 Å². The second-order valence-corrected chi connectivity index (χ2v) is 4.05. The molecule has 4 nitrogen and oxygen atoms in total. The van der Waals surface area contributed by atoms with Crippen LogP contribution in [0, 0.1) is 0 Å². The Bertz CT molecular complexity index is 412. The van der Waals surface area contributed by atoms with Crippen molar-refractivity contribution in [3.8, 4) is 11.4 Å². The molecule has 0 bridgehead atoms. The van der Waals surface area contributed by atoms with Gasteiger partial charge in [-0.1, -0.05) is 0 Å². The lowest BCUT2D eigenvalue weighted by atomic mass is 10.3. The predicted octanol–water partition coefficient (Wildman–Crippen LogP) is 1.49. The van der Waals surface area contributed by atoms with Crippen molar-refractivity contribution in [3.63, 3.8) is 0 Å². The molecule has 0 radical (unpaired) electrons. The first-order chi connectivity index (χ1) is 7.40. The number of nitrogens with two attached hydrogens (primary N) is 1. The van der Waals surface area contributed by atoms with Crippen LogP contribution in [0.2, 0.25) is 0 Å². The summed E-state index contributed by atoms with van der Waals surface area (Å²) in [6, 6.07) is 0.